The van der Waals surface area contributed by atoms with Crippen molar-refractivity contribution >= 4 is 11.6 Å². The summed E-state index contributed by atoms with van der Waals surface area (Å²) in [5, 5.41) is 6.45. The van der Waals surface area contributed by atoms with E-state index in [1.807, 2.05) is 24.3 Å². The molecule has 1 atom stereocenters. The van der Waals surface area contributed by atoms with Crippen molar-refractivity contribution in [3.05, 3.63) is 29.8 Å². The van der Waals surface area contributed by atoms with Crippen LogP contribution in [0.3, 0.4) is 0 Å². The summed E-state index contributed by atoms with van der Waals surface area (Å²) in [4.78, 5) is 12.3. The Morgan fingerprint density at radius 2 is 2.11 bits per heavy atom. The van der Waals surface area contributed by atoms with Crippen LogP contribution in [0.1, 0.15) is 49.9 Å². The van der Waals surface area contributed by atoms with Crippen molar-refractivity contribution in [2.45, 2.75) is 45.6 Å². The Kier molecular flexibility index (Phi) is 4.83. The highest BCUT2D eigenvalue weighted by Gasteiger charge is 2.25. The molecule has 0 bridgehead atoms. The van der Waals surface area contributed by atoms with Gasteiger partial charge in [-0.15, -0.1) is 0 Å². The molecule has 3 heteroatoms. The van der Waals surface area contributed by atoms with Crippen LogP contribution >= 0.6 is 0 Å². The summed E-state index contributed by atoms with van der Waals surface area (Å²) < 4.78 is 0. The quantitative estimate of drug-likeness (QED) is 0.822. The Labute approximate surface area is 115 Å². The predicted molar refractivity (Wildman–Crippen MR) is 79.5 cm³/mol. The number of rotatable bonds is 6. The van der Waals surface area contributed by atoms with Crippen LogP contribution < -0.4 is 10.6 Å². The fraction of sp³-hybridized carbons (Fsp3) is 0.562. The average Bonchev–Trinajstić information content (AvgIpc) is 2.34. The van der Waals surface area contributed by atoms with Crippen molar-refractivity contribution < 1.29 is 4.79 Å². The molecule has 0 aromatic heterocycles. The van der Waals surface area contributed by atoms with E-state index >= 15 is 0 Å². The number of hydrogen-bond acceptors (Lipinski definition) is 2. The molecular weight excluding hydrogens is 236 g/mol. The van der Waals surface area contributed by atoms with Gasteiger partial charge < -0.3 is 10.6 Å². The molecule has 1 aliphatic carbocycles. The first kappa shape index (κ1) is 13.9. The standard InChI is InChI=1S/C16H24N2O/c1-3-11-17-15-10-5-4-9-14(15)16(19)18-12(2)13-7-6-8-13/h4-5,9-10,12-13,17H,3,6-8,11H2,1-2H3,(H,18,19). The average molecular weight is 260 g/mol. The third-order valence-electron chi connectivity index (χ3n) is 3.95. The lowest BCUT2D eigenvalue weighted by Gasteiger charge is -2.32. The van der Waals surface area contributed by atoms with E-state index in [4.69, 9.17) is 0 Å². The van der Waals surface area contributed by atoms with E-state index in [1.165, 1.54) is 19.3 Å². The van der Waals surface area contributed by atoms with Gasteiger partial charge in [0.15, 0.2) is 0 Å². The minimum absolute atomic E-state index is 0.0404. The van der Waals surface area contributed by atoms with E-state index in [9.17, 15) is 4.79 Å². The normalized spacial score (nSPS) is 16.5. The highest BCUT2D eigenvalue weighted by atomic mass is 16.1. The van der Waals surface area contributed by atoms with Crippen LogP contribution in [0, 0.1) is 5.92 Å². The van der Waals surface area contributed by atoms with Gasteiger partial charge in [0.25, 0.3) is 5.91 Å². The van der Waals surface area contributed by atoms with Crippen molar-refractivity contribution in [2.75, 3.05) is 11.9 Å². The second-order valence-corrected chi connectivity index (χ2v) is 5.43. The van der Waals surface area contributed by atoms with Crippen molar-refractivity contribution in [3.8, 4) is 0 Å². The minimum Gasteiger partial charge on any atom is -0.384 e. The molecule has 1 aliphatic rings. The molecule has 19 heavy (non-hydrogen) atoms. The summed E-state index contributed by atoms with van der Waals surface area (Å²) in [5.74, 6) is 0.707. The number of amides is 1. The van der Waals surface area contributed by atoms with Gasteiger partial charge in [-0.2, -0.15) is 0 Å². The van der Waals surface area contributed by atoms with Gasteiger partial charge in [-0.05, 0) is 44.2 Å². The van der Waals surface area contributed by atoms with Gasteiger partial charge in [0.2, 0.25) is 0 Å². The molecule has 2 N–H and O–H groups in total. The van der Waals surface area contributed by atoms with Gasteiger partial charge in [0.05, 0.1) is 5.56 Å². The van der Waals surface area contributed by atoms with Gasteiger partial charge in [0.1, 0.15) is 0 Å². The maximum Gasteiger partial charge on any atom is 0.253 e. The molecule has 2 rings (SSSR count). The molecule has 1 fully saturated rings. The van der Waals surface area contributed by atoms with Gasteiger partial charge in [-0.25, -0.2) is 0 Å². The number of hydrogen-bond donors (Lipinski definition) is 2. The zero-order valence-electron chi connectivity index (χ0n) is 11.9. The highest BCUT2D eigenvalue weighted by molar-refractivity contribution is 5.99. The van der Waals surface area contributed by atoms with E-state index in [2.05, 4.69) is 24.5 Å². The molecule has 1 aromatic carbocycles. The zero-order chi connectivity index (χ0) is 13.7. The first-order chi connectivity index (χ1) is 9.22. The number of nitrogens with one attached hydrogen (secondary N) is 2. The maximum atomic E-state index is 12.3. The summed E-state index contributed by atoms with van der Waals surface area (Å²) in [5.41, 5.74) is 1.68. The summed E-state index contributed by atoms with van der Waals surface area (Å²) in [7, 11) is 0. The molecular formula is C16H24N2O. The highest BCUT2D eigenvalue weighted by Crippen LogP contribution is 2.29. The predicted octanol–water partition coefficient (Wildman–Crippen LogP) is 3.43. The fourth-order valence-corrected chi connectivity index (χ4v) is 2.44. The fourth-order valence-electron chi connectivity index (χ4n) is 2.44. The smallest absolute Gasteiger partial charge is 0.253 e. The summed E-state index contributed by atoms with van der Waals surface area (Å²) in [6.07, 6.45) is 4.85. The molecule has 0 radical (unpaired) electrons. The first-order valence-corrected chi connectivity index (χ1v) is 7.36. The monoisotopic (exact) mass is 260 g/mol. The van der Waals surface area contributed by atoms with Crippen molar-refractivity contribution in [3.63, 3.8) is 0 Å². The van der Waals surface area contributed by atoms with E-state index in [-0.39, 0.29) is 11.9 Å². The van der Waals surface area contributed by atoms with Gasteiger partial charge in [-0.3, -0.25) is 4.79 Å². The van der Waals surface area contributed by atoms with Crippen molar-refractivity contribution in [2.24, 2.45) is 5.92 Å². The Hall–Kier alpha value is -1.51. The summed E-state index contributed by atoms with van der Waals surface area (Å²) in [6.45, 7) is 5.13. The number of para-hydroxylation sites is 1. The molecule has 104 valence electrons. The van der Waals surface area contributed by atoms with E-state index in [1.54, 1.807) is 0 Å². The third kappa shape index (κ3) is 3.49. The molecule has 0 aliphatic heterocycles. The lowest BCUT2D eigenvalue weighted by Crippen LogP contribution is -2.40. The molecule has 0 saturated heterocycles. The topological polar surface area (TPSA) is 41.1 Å². The van der Waals surface area contributed by atoms with Crippen LogP contribution in [0.5, 0.6) is 0 Å². The third-order valence-corrected chi connectivity index (χ3v) is 3.95. The Morgan fingerprint density at radius 3 is 2.74 bits per heavy atom. The van der Waals surface area contributed by atoms with Gasteiger partial charge in [-0.1, -0.05) is 25.5 Å². The SMILES string of the molecule is CCCNc1ccccc1C(=O)NC(C)C1CCC1. The van der Waals surface area contributed by atoms with E-state index < -0.39 is 0 Å². The molecule has 0 spiro atoms. The lowest BCUT2D eigenvalue weighted by atomic mass is 9.80. The maximum absolute atomic E-state index is 12.3. The number of carbonyl (C=O) groups is 1. The Balaban J connectivity index is 2.00. The molecule has 1 amide bonds. The first-order valence-electron chi connectivity index (χ1n) is 7.36. The Morgan fingerprint density at radius 1 is 1.37 bits per heavy atom. The van der Waals surface area contributed by atoms with Crippen LogP contribution in [-0.2, 0) is 0 Å². The second-order valence-electron chi connectivity index (χ2n) is 5.43. The van der Waals surface area contributed by atoms with E-state index in [0.29, 0.717) is 5.92 Å². The van der Waals surface area contributed by atoms with Crippen LogP contribution in [-0.4, -0.2) is 18.5 Å². The van der Waals surface area contributed by atoms with Crippen molar-refractivity contribution in [1.29, 1.82) is 0 Å². The number of carbonyl (C=O) groups excluding carboxylic acids is 1. The molecule has 1 unspecified atom stereocenters. The van der Waals surface area contributed by atoms with Crippen LogP contribution in [0.15, 0.2) is 24.3 Å². The molecule has 1 saturated carbocycles. The van der Waals surface area contributed by atoms with E-state index in [0.717, 1.165) is 24.2 Å². The summed E-state index contributed by atoms with van der Waals surface area (Å²) in [6, 6.07) is 8.02. The molecule has 0 heterocycles. The number of benzene rings is 1. The zero-order valence-corrected chi connectivity index (χ0v) is 11.9. The minimum atomic E-state index is 0.0404. The second kappa shape index (κ2) is 6.60. The Bertz CT molecular complexity index is 427. The molecule has 1 aromatic rings. The van der Waals surface area contributed by atoms with Crippen molar-refractivity contribution in [1.82, 2.24) is 5.32 Å². The largest absolute Gasteiger partial charge is 0.384 e. The van der Waals surface area contributed by atoms with Crippen LogP contribution in [0.4, 0.5) is 5.69 Å². The van der Waals surface area contributed by atoms with Gasteiger partial charge in [0, 0.05) is 18.3 Å². The summed E-state index contributed by atoms with van der Waals surface area (Å²) >= 11 is 0. The number of anilines is 1. The molecule has 3 nitrogen and oxygen atoms in total. The van der Waals surface area contributed by atoms with Gasteiger partial charge >= 0.3 is 0 Å². The van der Waals surface area contributed by atoms with Crippen LogP contribution in [0.25, 0.3) is 0 Å². The lowest BCUT2D eigenvalue weighted by molar-refractivity contribution is 0.0910. The van der Waals surface area contributed by atoms with Crippen LogP contribution in [0.2, 0.25) is 0 Å².